The van der Waals surface area contributed by atoms with Crippen molar-refractivity contribution in [3.63, 3.8) is 0 Å². The second-order valence-corrected chi connectivity index (χ2v) is 10.1. The molecule has 1 heterocycles. The molecule has 0 radical (unpaired) electrons. The van der Waals surface area contributed by atoms with Gasteiger partial charge in [-0.25, -0.2) is 8.42 Å². The van der Waals surface area contributed by atoms with Crippen LogP contribution in [0.25, 0.3) is 0 Å². The van der Waals surface area contributed by atoms with Crippen LogP contribution in [0.4, 0.5) is 5.69 Å². The van der Waals surface area contributed by atoms with Gasteiger partial charge in [0.15, 0.2) is 17.6 Å². The molecule has 4 rings (SSSR count). The maximum Gasteiger partial charge on any atom is 0.263 e. The van der Waals surface area contributed by atoms with Crippen molar-refractivity contribution in [2.75, 3.05) is 18.9 Å². The fraction of sp³-hybridized carbons (Fsp3) is 0.240. The average Bonchev–Trinajstić information content (AvgIpc) is 2.94. The van der Waals surface area contributed by atoms with Gasteiger partial charge in [0.1, 0.15) is 5.75 Å². The number of nitrogens with one attached hydrogen (secondary N) is 1. The number of hydrogen-bond donors (Lipinski definition) is 1. The van der Waals surface area contributed by atoms with Gasteiger partial charge < -0.3 is 19.1 Å². The van der Waals surface area contributed by atoms with E-state index in [1.807, 2.05) is 12.1 Å². The number of para-hydroxylation sites is 1. The molecule has 10 heteroatoms. The predicted octanol–water partition coefficient (Wildman–Crippen LogP) is 4.47. The summed E-state index contributed by atoms with van der Waals surface area (Å²) in [5.41, 5.74) is 1.78. The van der Waals surface area contributed by atoms with Gasteiger partial charge in [-0.2, -0.15) is 0 Å². The third kappa shape index (κ3) is 5.31. The van der Waals surface area contributed by atoms with Crippen LogP contribution in [-0.2, 0) is 27.9 Å². The normalized spacial score (nSPS) is 15.6. The third-order valence-electron chi connectivity index (χ3n) is 5.59. The number of halogens is 1. The summed E-state index contributed by atoms with van der Waals surface area (Å²) in [7, 11) is -0.759. The Morgan fingerprint density at radius 2 is 1.86 bits per heavy atom. The molecule has 0 saturated carbocycles. The van der Waals surface area contributed by atoms with E-state index in [-0.39, 0.29) is 23.9 Å². The van der Waals surface area contributed by atoms with Gasteiger partial charge in [-0.3, -0.25) is 9.52 Å². The minimum Gasteiger partial charge on any atom is -0.493 e. The number of benzene rings is 3. The molecule has 3 aromatic rings. The first-order chi connectivity index (χ1) is 16.7. The fourth-order valence-electron chi connectivity index (χ4n) is 3.93. The van der Waals surface area contributed by atoms with Gasteiger partial charge in [-0.1, -0.05) is 29.8 Å². The van der Waals surface area contributed by atoms with Crippen molar-refractivity contribution in [3.05, 3.63) is 76.8 Å². The Morgan fingerprint density at radius 3 is 2.57 bits per heavy atom. The topological polar surface area (TPSA) is 94.2 Å². The number of nitrogens with zero attached hydrogens (tertiary/aromatic N) is 1. The number of amides is 1. The summed E-state index contributed by atoms with van der Waals surface area (Å²) in [6.07, 6.45) is -0.721. The van der Waals surface area contributed by atoms with Gasteiger partial charge in [0, 0.05) is 34.9 Å². The predicted molar refractivity (Wildman–Crippen MR) is 133 cm³/mol. The second kappa shape index (κ2) is 10.1. The van der Waals surface area contributed by atoms with Crippen LogP contribution in [0.2, 0.25) is 5.02 Å². The number of fused-ring (bicyclic) bond motifs is 1. The lowest BCUT2D eigenvalue weighted by atomic mass is 10.1. The highest BCUT2D eigenvalue weighted by Crippen LogP contribution is 2.34. The van der Waals surface area contributed by atoms with Gasteiger partial charge in [-0.15, -0.1) is 0 Å². The molecular weight excluding hydrogens is 492 g/mol. The van der Waals surface area contributed by atoms with Crippen molar-refractivity contribution in [1.82, 2.24) is 4.90 Å². The van der Waals surface area contributed by atoms with Gasteiger partial charge >= 0.3 is 0 Å². The highest BCUT2D eigenvalue weighted by atomic mass is 35.5. The van der Waals surface area contributed by atoms with E-state index in [1.165, 1.54) is 12.1 Å². The second-order valence-electron chi connectivity index (χ2n) is 7.99. The largest absolute Gasteiger partial charge is 0.493 e. The molecule has 0 aromatic heterocycles. The number of carbonyl (C=O) groups excluding carboxylic acids is 1. The Labute approximate surface area is 209 Å². The lowest BCUT2D eigenvalue weighted by molar-refractivity contribution is -0.138. The molecule has 1 aliphatic rings. The summed E-state index contributed by atoms with van der Waals surface area (Å²) in [4.78, 5) is 14.8. The molecule has 0 fully saturated rings. The molecule has 1 amide bonds. The van der Waals surface area contributed by atoms with Gasteiger partial charge in [0.2, 0.25) is 0 Å². The zero-order chi connectivity index (χ0) is 25.2. The number of rotatable bonds is 7. The Morgan fingerprint density at radius 1 is 1.09 bits per heavy atom. The molecule has 1 N–H and O–H groups in total. The highest BCUT2D eigenvalue weighted by Gasteiger charge is 2.29. The number of ether oxygens (including phenoxy) is 3. The smallest absolute Gasteiger partial charge is 0.263 e. The average molecular weight is 517 g/mol. The van der Waals surface area contributed by atoms with E-state index in [0.29, 0.717) is 33.5 Å². The molecule has 8 nitrogen and oxygen atoms in total. The van der Waals surface area contributed by atoms with Crippen LogP contribution in [0.3, 0.4) is 0 Å². The van der Waals surface area contributed by atoms with Crippen LogP contribution >= 0.6 is 11.6 Å². The van der Waals surface area contributed by atoms with E-state index in [0.717, 1.165) is 5.56 Å². The van der Waals surface area contributed by atoms with Crippen molar-refractivity contribution in [2.24, 2.45) is 0 Å². The van der Waals surface area contributed by atoms with Crippen LogP contribution < -0.4 is 18.9 Å². The van der Waals surface area contributed by atoms with Crippen LogP contribution in [0, 0.1) is 0 Å². The van der Waals surface area contributed by atoms with Crippen molar-refractivity contribution >= 4 is 33.2 Å². The summed E-state index contributed by atoms with van der Waals surface area (Å²) in [6.45, 7) is 2.15. The van der Waals surface area contributed by atoms with Crippen LogP contribution in [0.15, 0.2) is 65.6 Å². The third-order valence-corrected chi connectivity index (χ3v) is 7.20. The molecule has 0 saturated heterocycles. The Balaban J connectivity index is 1.64. The van der Waals surface area contributed by atoms with E-state index < -0.39 is 16.1 Å². The molecular formula is C25H25ClN2O6S. The Hall–Kier alpha value is -3.43. The fourth-order valence-corrected chi connectivity index (χ4v) is 5.28. The maximum atomic E-state index is 13.1. The number of sulfonamides is 1. The molecule has 0 aliphatic carbocycles. The number of carbonyl (C=O) groups is 1. The highest BCUT2D eigenvalue weighted by molar-refractivity contribution is 7.92. The lowest BCUT2D eigenvalue weighted by Gasteiger charge is -2.24. The van der Waals surface area contributed by atoms with Gasteiger partial charge in [-0.05, 0) is 49.4 Å². The zero-order valence-electron chi connectivity index (χ0n) is 19.4. The van der Waals surface area contributed by atoms with Crippen LogP contribution in [0.1, 0.15) is 18.1 Å². The molecule has 0 bridgehead atoms. The summed E-state index contributed by atoms with van der Waals surface area (Å²) in [6, 6.07) is 16.4. The SMILES string of the molecule is COc1cccc(CN2Cc3cc(NS(=O)(=O)c4cccc(Cl)c4)ccc3OC(C)C2=O)c1OC. The van der Waals surface area contributed by atoms with Gasteiger partial charge in [0.05, 0.1) is 19.1 Å². The molecule has 1 aliphatic heterocycles. The lowest BCUT2D eigenvalue weighted by Crippen LogP contribution is -2.37. The monoisotopic (exact) mass is 516 g/mol. The Bertz CT molecular complexity index is 1360. The molecule has 1 atom stereocenters. The van der Waals surface area contributed by atoms with E-state index in [1.54, 1.807) is 62.4 Å². The zero-order valence-corrected chi connectivity index (χ0v) is 21.0. The first-order valence-electron chi connectivity index (χ1n) is 10.8. The molecule has 3 aromatic carbocycles. The van der Waals surface area contributed by atoms with Crippen molar-refractivity contribution in [2.45, 2.75) is 31.0 Å². The van der Waals surface area contributed by atoms with Gasteiger partial charge in [0.25, 0.3) is 15.9 Å². The van der Waals surface area contributed by atoms with E-state index in [4.69, 9.17) is 25.8 Å². The first-order valence-corrected chi connectivity index (χ1v) is 12.6. The summed E-state index contributed by atoms with van der Waals surface area (Å²) in [5.74, 6) is 1.42. The van der Waals surface area contributed by atoms with Crippen LogP contribution in [-0.4, -0.2) is 39.5 Å². The summed E-state index contributed by atoms with van der Waals surface area (Å²) >= 11 is 5.95. The molecule has 35 heavy (non-hydrogen) atoms. The van der Waals surface area contributed by atoms with Crippen molar-refractivity contribution < 1.29 is 27.4 Å². The van der Waals surface area contributed by atoms with E-state index >= 15 is 0 Å². The quantitative estimate of drug-likeness (QED) is 0.498. The minimum absolute atomic E-state index is 0.0479. The Kier molecular flexibility index (Phi) is 7.09. The number of hydrogen-bond acceptors (Lipinski definition) is 6. The standard InChI is InChI=1S/C25H25ClN2O6S/c1-16-25(29)28(14-17-6-4-9-23(32-2)24(17)33-3)15-18-12-20(10-11-22(18)34-16)27-35(30,31)21-8-5-7-19(26)13-21/h4-13,16,27H,14-15H2,1-3H3. The summed E-state index contributed by atoms with van der Waals surface area (Å²) in [5, 5.41) is 0.319. The van der Waals surface area contributed by atoms with E-state index in [9.17, 15) is 13.2 Å². The molecule has 1 unspecified atom stereocenters. The molecule has 184 valence electrons. The van der Waals surface area contributed by atoms with Crippen molar-refractivity contribution in [3.8, 4) is 17.2 Å². The molecule has 0 spiro atoms. The number of anilines is 1. The maximum absolute atomic E-state index is 13.1. The van der Waals surface area contributed by atoms with Crippen LogP contribution in [0.5, 0.6) is 17.2 Å². The number of methoxy groups -OCH3 is 2. The summed E-state index contributed by atoms with van der Waals surface area (Å²) < 4.78 is 45.0. The first kappa shape index (κ1) is 24.7. The van der Waals surface area contributed by atoms with Crippen molar-refractivity contribution in [1.29, 1.82) is 0 Å². The van der Waals surface area contributed by atoms with E-state index in [2.05, 4.69) is 4.72 Å². The minimum atomic E-state index is -3.86.